The summed E-state index contributed by atoms with van der Waals surface area (Å²) in [6.07, 6.45) is 2.80. The van der Waals surface area contributed by atoms with Crippen molar-refractivity contribution < 1.29 is 19.8 Å². The van der Waals surface area contributed by atoms with E-state index in [2.05, 4.69) is 47.9 Å². The van der Waals surface area contributed by atoms with Crippen LogP contribution in [0.1, 0.15) is 31.4 Å². The average molecular weight is 306 g/mol. The lowest BCUT2D eigenvalue weighted by Crippen LogP contribution is -2.38. The molecule has 1 spiro atoms. The predicted octanol–water partition coefficient (Wildman–Crippen LogP) is 1.24. The van der Waals surface area contributed by atoms with Gasteiger partial charge in [0.25, 0.3) is 0 Å². The SMILES string of the molecule is C[C@H](N[C@@H]1CNCC12CC2)c1ccccc1.O=C(O)C(=O)O. The Morgan fingerprint density at radius 1 is 1.23 bits per heavy atom. The maximum absolute atomic E-state index is 9.10. The van der Waals surface area contributed by atoms with Crippen LogP contribution in [0.3, 0.4) is 0 Å². The summed E-state index contributed by atoms with van der Waals surface area (Å²) in [6, 6.07) is 11.9. The molecule has 1 saturated carbocycles. The molecule has 2 fully saturated rings. The first kappa shape index (κ1) is 16.5. The highest BCUT2D eigenvalue weighted by Crippen LogP contribution is 2.50. The molecule has 0 unspecified atom stereocenters. The molecule has 1 saturated heterocycles. The number of carbonyl (C=O) groups is 2. The lowest BCUT2D eigenvalue weighted by atomic mass is 9.98. The summed E-state index contributed by atoms with van der Waals surface area (Å²) in [7, 11) is 0. The zero-order valence-electron chi connectivity index (χ0n) is 12.6. The molecule has 2 aliphatic rings. The van der Waals surface area contributed by atoms with E-state index in [0.717, 1.165) is 6.54 Å². The standard InChI is InChI=1S/C14H20N2.C2H2O4/c1-11(12-5-3-2-4-6-12)16-13-9-15-10-14(13)7-8-14;3-1(4)2(5)6/h2-6,11,13,15-16H,7-10H2,1H3;(H,3,4)(H,5,6)/t11-,13+;/m0./s1. The number of hydrogen-bond donors (Lipinski definition) is 4. The molecule has 1 aliphatic heterocycles. The van der Waals surface area contributed by atoms with Gasteiger partial charge in [0.05, 0.1) is 0 Å². The Balaban J connectivity index is 0.000000254. The quantitative estimate of drug-likeness (QED) is 0.627. The molecule has 0 aromatic heterocycles. The molecule has 120 valence electrons. The summed E-state index contributed by atoms with van der Waals surface area (Å²) >= 11 is 0. The van der Waals surface area contributed by atoms with Crippen molar-refractivity contribution in [1.29, 1.82) is 0 Å². The van der Waals surface area contributed by atoms with Crippen LogP contribution in [-0.4, -0.2) is 41.3 Å². The zero-order valence-corrected chi connectivity index (χ0v) is 12.6. The average Bonchev–Trinajstić information content (AvgIpc) is 3.18. The Morgan fingerprint density at radius 3 is 2.32 bits per heavy atom. The molecule has 1 aromatic rings. The van der Waals surface area contributed by atoms with Crippen LogP contribution in [-0.2, 0) is 9.59 Å². The second-order valence-corrected chi connectivity index (χ2v) is 5.96. The van der Waals surface area contributed by atoms with Crippen molar-refractivity contribution in [3.63, 3.8) is 0 Å². The molecular weight excluding hydrogens is 284 g/mol. The van der Waals surface area contributed by atoms with Crippen LogP contribution < -0.4 is 10.6 Å². The van der Waals surface area contributed by atoms with Crippen molar-refractivity contribution in [3.05, 3.63) is 35.9 Å². The molecule has 1 aliphatic carbocycles. The first-order valence-electron chi connectivity index (χ1n) is 7.42. The Labute approximate surface area is 129 Å². The Hall–Kier alpha value is -1.92. The van der Waals surface area contributed by atoms with Gasteiger partial charge in [-0.05, 0) is 30.7 Å². The lowest BCUT2D eigenvalue weighted by Gasteiger charge is -2.24. The summed E-state index contributed by atoms with van der Waals surface area (Å²) < 4.78 is 0. The fraction of sp³-hybridized carbons (Fsp3) is 0.500. The highest BCUT2D eigenvalue weighted by Gasteiger charge is 2.52. The lowest BCUT2D eigenvalue weighted by molar-refractivity contribution is -0.159. The summed E-state index contributed by atoms with van der Waals surface area (Å²) in [5, 5.41) is 22.1. The maximum Gasteiger partial charge on any atom is 0.414 e. The minimum atomic E-state index is -1.82. The first-order valence-corrected chi connectivity index (χ1v) is 7.42. The van der Waals surface area contributed by atoms with Gasteiger partial charge >= 0.3 is 11.9 Å². The minimum Gasteiger partial charge on any atom is -0.473 e. The van der Waals surface area contributed by atoms with Gasteiger partial charge in [-0.2, -0.15) is 0 Å². The van der Waals surface area contributed by atoms with Crippen LogP contribution in [0.15, 0.2) is 30.3 Å². The van der Waals surface area contributed by atoms with E-state index in [4.69, 9.17) is 19.8 Å². The molecule has 1 heterocycles. The van der Waals surface area contributed by atoms with Gasteiger partial charge in [-0.15, -0.1) is 0 Å². The minimum absolute atomic E-state index is 0.462. The van der Waals surface area contributed by atoms with Crippen molar-refractivity contribution in [2.75, 3.05) is 13.1 Å². The number of benzene rings is 1. The molecule has 6 nitrogen and oxygen atoms in total. The van der Waals surface area contributed by atoms with Crippen LogP contribution in [0.4, 0.5) is 0 Å². The van der Waals surface area contributed by atoms with Crippen LogP contribution >= 0.6 is 0 Å². The summed E-state index contributed by atoms with van der Waals surface area (Å²) in [5.74, 6) is -3.65. The van der Waals surface area contributed by atoms with E-state index in [0.29, 0.717) is 17.5 Å². The van der Waals surface area contributed by atoms with Crippen molar-refractivity contribution in [3.8, 4) is 0 Å². The van der Waals surface area contributed by atoms with Gasteiger partial charge in [0, 0.05) is 25.2 Å². The third-order valence-corrected chi connectivity index (χ3v) is 4.39. The number of carboxylic acid groups (broad SMARTS) is 2. The van der Waals surface area contributed by atoms with Gasteiger partial charge in [0.2, 0.25) is 0 Å². The Bertz CT molecular complexity index is 516. The van der Waals surface area contributed by atoms with E-state index < -0.39 is 11.9 Å². The molecule has 1 aromatic carbocycles. The number of rotatable bonds is 3. The van der Waals surface area contributed by atoms with E-state index in [1.165, 1.54) is 24.9 Å². The van der Waals surface area contributed by atoms with Gasteiger partial charge in [-0.3, -0.25) is 0 Å². The van der Waals surface area contributed by atoms with Crippen molar-refractivity contribution >= 4 is 11.9 Å². The molecule has 4 N–H and O–H groups in total. The summed E-state index contributed by atoms with van der Waals surface area (Å²) in [5.41, 5.74) is 1.99. The second kappa shape index (κ2) is 6.89. The van der Waals surface area contributed by atoms with Gasteiger partial charge in [-0.25, -0.2) is 9.59 Å². The smallest absolute Gasteiger partial charge is 0.414 e. The second-order valence-electron chi connectivity index (χ2n) is 5.96. The van der Waals surface area contributed by atoms with Crippen molar-refractivity contribution in [1.82, 2.24) is 10.6 Å². The maximum atomic E-state index is 9.10. The van der Waals surface area contributed by atoms with Gasteiger partial charge in [0.15, 0.2) is 0 Å². The Kier molecular flexibility index (Phi) is 5.15. The molecule has 22 heavy (non-hydrogen) atoms. The van der Waals surface area contributed by atoms with Crippen LogP contribution in [0.25, 0.3) is 0 Å². The van der Waals surface area contributed by atoms with Gasteiger partial charge < -0.3 is 20.8 Å². The number of aliphatic carboxylic acids is 2. The van der Waals surface area contributed by atoms with Crippen molar-refractivity contribution in [2.24, 2.45) is 5.41 Å². The molecule has 3 rings (SSSR count). The predicted molar refractivity (Wildman–Crippen MR) is 81.6 cm³/mol. The molecule has 0 radical (unpaired) electrons. The number of carboxylic acids is 2. The number of hydrogen-bond acceptors (Lipinski definition) is 4. The highest BCUT2D eigenvalue weighted by molar-refractivity contribution is 6.27. The molecular formula is C16H22N2O4. The number of nitrogens with one attached hydrogen (secondary N) is 2. The Morgan fingerprint density at radius 2 is 1.82 bits per heavy atom. The van der Waals surface area contributed by atoms with Crippen LogP contribution in [0, 0.1) is 5.41 Å². The van der Waals surface area contributed by atoms with Gasteiger partial charge in [0.1, 0.15) is 0 Å². The zero-order chi connectivity index (χ0) is 16.2. The van der Waals surface area contributed by atoms with E-state index >= 15 is 0 Å². The molecule has 0 amide bonds. The van der Waals surface area contributed by atoms with E-state index in [1.807, 2.05) is 0 Å². The van der Waals surface area contributed by atoms with Crippen LogP contribution in [0.5, 0.6) is 0 Å². The van der Waals surface area contributed by atoms with E-state index in [1.54, 1.807) is 0 Å². The normalized spacial score (nSPS) is 22.5. The molecule has 2 atom stereocenters. The fourth-order valence-electron chi connectivity index (χ4n) is 2.87. The molecule has 0 bridgehead atoms. The van der Waals surface area contributed by atoms with Gasteiger partial charge in [-0.1, -0.05) is 30.3 Å². The third kappa shape index (κ3) is 4.05. The summed E-state index contributed by atoms with van der Waals surface area (Å²) in [4.78, 5) is 18.2. The summed E-state index contributed by atoms with van der Waals surface area (Å²) in [6.45, 7) is 4.62. The van der Waals surface area contributed by atoms with Crippen molar-refractivity contribution in [2.45, 2.75) is 31.8 Å². The monoisotopic (exact) mass is 306 g/mol. The van der Waals surface area contributed by atoms with E-state index in [9.17, 15) is 0 Å². The largest absolute Gasteiger partial charge is 0.473 e. The van der Waals surface area contributed by atoms with E-state index in [-0.39, 0.29) is 0 Å². The van der Waals surface area contributed by atoms with Crippen LogP contribution in [0.2, 0.25) is 0 Å². The third-order valence-electron chi connectivity index (χ3n) is 4.39. The first-order chi connectivity index (χ1) is 10.4. The topological polar surface area (TPSA) is 98.7 Å². The molecule has 6 heteroatoms. The highest BCUT2D eigenvalue weighted by atomic mass is 16.4. The fourth-order valence-corrected chi connectivity index (χ4v) is 2.87.